The van der Waals surface area contributed by atoms with Gasteiger partial charge in [0, 0.05) is 22.2 Å². The molecule has 5 aromatic rings. The first kappa shape index (κ1) is 22.5. The van der Waals surface area contributed by atoms with E-state index in [0.29, 0.717) is 11.3 Å². The molecule has 3 aromatic heterocycles. The maximum Gasteiger partial charge on any atom is 0.265 e. The highest BCUT2D eigenvalue weighted by molar-refractivity contribution is 7.92. The Morgan fingerprint density at radius 3 is 2.71 bits per heavy atom. The molecule has 0 unspecified atom stereocenters. The SMILES string of the molecule is COc1ccc(F)cc1S(=O)(=O)Nc1cccc(-c2nc3cc(-c4cccs4)cnc3s2)c1C. The van der Waals surface area contributed by atoms with E-state index in [4.69, 9.17) is 9.72 Å². The smallest absolute Gasteiger partial charge is 0.265 e. The summed E-state index contributed by atoms with van der Waals surface area (Å²) in [5, 5.41) is 2.74. The first-order valence-corrected chi connectivity index (χ1v) is 13.3. The summed E-state index contributed by atoms with van der Waals surface area (Å²) in [5.74, 6) is -0.614. The molecular weight excluding hydrogens is 493 g/mol. The van der Waals surface area contributed by atoms with Crippen molar-refractivity contribution < 1.29 is 17.5 Å². The van der Waals surface area contributed by atoms with Crippen molar-refractivity contribution in [3.8, 4) is 26.8 Å². The van der Waals surface area contributed by atoms with Crippen molar-refractivity contribution in [3.63, 3.8) is 0 Å². The summed E-state index contributed by atoms with van der Waals surface area (Å²) in [6, 6.07) is 14.7. The highest BCUT2D eigenvalue weighted by Gasteiger charge is 2.22. The molecule has 0 fully saturated rings. The summed E-state index contributed by atoms with van der Waals surface area (Å²) in [7, 11) is -2.76. The van der Waals surface area contributed by atoms with Gasteiger partial charge in [0.15, 0.2) is 0 Å². The Hall–Kier alpha value is -3.34. The number of anilines is 1. The van der Waals surface area contributed by atoms with Gasteiger partial charge in [-0.25, -0.2) is 22.8 Å². The number of thiophene rings is 1. The Morgan fingerprint density at radius 2 is 1.94 bits per heavy atom. The molecular formula is C24H18FN3O3S3. The summed E-state index contributed by atoms with van der Waals surface area (Å²) >= 11 is 3.07. The fraction of sp³-hybridized carbons (Fsp3) is 0.0833. The molecule has 0 saturated heterocycles. The number of sulfonamides is 1. The average Bonchev–Trinajstić information content (AvgIpc) is 3.50. The Balaban J connectivity index is 1.52. The summed E-state index contributed by atoms with van der Waals surface area (Å²) < 4.78 is 47.5. The van der Waals surface area contributed by atoms with E-state index in [-0.39, 0.29) is 10.6 Å². The lowest BCUT2D eigenvalue weighted by Gasteiger charge is -2.14. The Bertz CT molecular complexity index is 1610. The van der Waals surface area contributed by atoms with Gasteiger partial charge in [-0.05, 0) is 54.3 Å². The molecule has 0 amide bonds. The number of benzene rings is 2. The molecule has 0 radical (unpaired) electrons. The van der Waals surface area contributed by atoms with Gasteiger partial charge in [-0.2, -0.15) is 0 Å². The molecule has 6 nitrogen and oxygen atoms in total. The van der Waals surface area contributed by atoms with Crippen molar-refractivity contribution >= 4 is 48.7 Å². The number of hydrogen-bond donors (Lipinski definition) is 1. The monoisotopic (exact) mass is 511 g/mol. The molecule has 3 heterocycles. The van der Waals surface area contributed by atoms with Gasteiger partial charge >= 0.3 is 0 Å². The molecule has 1 N–H and O–H groups in total. The number of methoxy groups -OCH3 is 1. The van der Waals surface area contributed by atoms with Crippen molar-refractivity contribution in [1.82, 2.24) is 9.97 Å². The van der Waals surface area contributed by atoms with E-state index in [2.05, 4.69) is 9.71 Å². The van der Waals surface area contributed by atoms with E-state index >= 15 is 0 Å². The maximum absolute atomic E-state index is 13.8. The molecule has 10 heteroatoms. The van der Waals surface area contributed by atoms with Gasteiger partial charge in [-0.15, -0.1) is 11.3 Å². The van der Waals surface area contributed by atoms with Crippen LogP contribution in [0.25, 0.3) is 31.4 Å². The Labute approximate surface area is 203 Å². The zero-order chi connectivity index (χ0) is 23.9. The van der Waals surface area contributed by atoms with Crippen LogP contribution in [0, 0.1) is 12.7 Å². The number of nitrogens with one attached hydrogen (secondary N) is 1. The van der Waals surface area contributed by atoms with Gasteiger partial charge in [0.2, 0.25) is 0 Å². The van der Waals surface area contributed by atoms with Gasteiger partial charge in [0.05, 0.1) is 12.8 Å². The Morgan fingerprint density at radius 1 is 1.09 bits per heavy atom. The summed E-state index contributed by atoms with van der Waals surface area (Å²) in [4.78, 5) is 11.0. The standard InChI is InChI=1S/C24H18FN3O3S3/c1-14-17(23-27-19-11-15(13-26-24(19)33-23)21-7-4-10-32-21)5-3-6-18(14)28-34(29,30)22-12-16(25)8-9-20(22)31-2/h3-13,28H,1-2H3. The van der Waals surface area contributed by atoms with Crippen molar-refractivity contribution in [1.29, 1.82) is 0 Å². The number of rotatable bonds is 6. The van der Waals surface area contributed by atoms with Crippen LogP contribution in [-0.2, 0) is 10.0 Å². The normalized spacial score (nSPS) is 11.6. The number of fused-ring (bicyclic) bond motifs is 1. The molecule has 2 aromatic carbocycles. The van der Waals surface area contributed by atoms with Crippen LogP contribution in [0.3, 0.4) is 0 Å². The van der Waals surface area contributed by atoms with Crippen molar-refractivity contribution in [2.45, 2.75) is 11.8 Å². The minimum Gasteiger partial charge on any atom is -0.495 e. The summed E-state index contributed by atoms with van der Waals surface area (Å²) in [6.07, 6.45) is 1.83. The van der Waals surface area contributed by atoms with Crippen LogP contribution in [-0.4, -0.2) is 25.5 Å². The molecule has 0 saturated carbocycles. The van der Waals surface area contributed by atoms with E-state index in [1.165, 1.54) is 24.5 Å². The van der Waals surface area contributed by atoms with E-state index in [0.717, 1.165) is 43.5 Å². The third-order valence-corrected chi connectivity index (χ3v) is 8.60. The lowest BCUT2D eigenvalue weighted by atomic mass is 10.1. The van der Waals surface area contributed by atoms with Crippen LogP contribution in [0.5, 0.6) is 5.75 Å². The topological polar surface area (TPSA) is 81.2 Å². The highest BCUT2D eigenvalue weighted by atomic mass is 32.2. The minimum absolute atomic E-state index is 0.0569. The summed E-state index contributed by atoms with van der Waals surface area (Å²) in [5.41, 5.74) is 3.63. The average molecular weight is 512 g/mol. The van der Waals surface area contributed by atoms with Gasteiger partial charge in [0.25, 0.3) is 10.0 Å². The van der Waals surface area contributed by atoms with Gasteiger partial charge in [-0.3, -0.25) is 4.72 Å². The molecule has 0 atom stereocenters. The predicted molar refractivity (Wildman–Crippen MR) is 135 cm³/mol. The molecule has 34 heavy (non-hydrogen) atoms. The zero-order valence-corrected chi connectivity index (χ0v) is 20.5. The van der Waals surface area contributed by atoms with Crippen molar-refractivity contribution in [2.24, 2.45) is 0 Å². The zero-order valence-electron chi connectivity index (χ0n) is 18.1. The van der Waals surface area contributed by atoms with E-state index in [9.17, 15) is 12.8 Å². The second-order valence-corrected chi connectivity index (χ2v) is 11.0. The van der Waals surface area contributed by atoms with E-state index in [1.807, 2.05) is 42.8 Å². The first-order chi connectivity index (χ1) is 16.4. The third-order valence-electron chi connectivity index (χ3n) is 5.28. The van der Waals surface area contributed by atoms with Crippen LogP contribution in [0.15, 0.2) is 71.1 Å². The second-order valence-electron chi connectivity index (χ2n) is 7.42. The van der Waals surface area contributed by atoms with Crippen LogP contribution < -0.4 is 9.46 Å². The lowest BCUT2D eigenvalue weighted by Crippen LogP contribution is -2.15. The fourth-order valence-corrected chi connectivity index (χ4v) is 6.54. The van der Waals surface area contributed by atoms with Crippen LogP contribution in [0.1, 0.15) is 5.56 Å². The van der Waals surface area contributed by atoms with Crippen molar-refractivity contribution in [2.75, 3.05) is 11.8 Å². The molecule has 0 aliphatic heterocycles. The van der Waals surface area contributed by atoms with Crippen LogP contribution in [0.2, 0.25) is 0 Å². The fourth-order valence-electron chi connectivity index (χ4n) is 3.55. The second kappa shape index (κ2) is 8.79. The minimum atomic E-state index is -4.10. The molecule has 5 rings (SSSR count). The number of halogens is 1. The number of aromatic nitrogens is 2. The van der Waals surface area contributed by atoms with E-state index < -0.39 is 15.8 Å². The van der Waals surface area contributed by atoms with Crippen LogP contribution >= 0.6 is 22.7 Å². The van der Waals surface area contributed by atoms with Gasteiger partial charge in [0.1, 0.15) is 31.8 Å². The number of hydrogen-bond acceptors (Lipinski definition) is 7. The van der Waals surface area contributed by atoms with Crippen molar-refractivity contribution in [3.05, 3.63) is 77.6 Å². The summed E-state index contributed by atoms with van der Waals surface area (Å²) in [6.45, 7) is 1.81. The predicted octanol–water partition coefficient (Wildman–Crippen LogP) is 6.34. The number of ether oxygens (including phenoxy) is 1. The lowest BCUT2D eigenvalue weighted by molar-refractivity contribution is 0.401. The number of nitrogens with zero attached hydrogens (tertiary/aromatic N) is 2. The first-order valence-electron chi connectivity index (χ1n) is 10.1. The molecule has 172 valence electrons. The highest BCUT2D eigenvalue weighted by Crippen LogP contribution is 2.36. The molecule has 0 aliphatic rings. The number of pyridine rings is 1. The Kier molecular flexibility index (Phi) is 5.80. The largest absolute Gasteiger partial charge is 0.495 e. The number of thiazole rings is 1. The molecule has 0 bridgehead atoms. The van der Waals surface area contributed by atoms with E-state index in [1.54, 1.807) is 23.5 Å². The molecule has 0 aliphatic carbocycles. The van der Waals surface area contributed by atoms with Gasteiger partial charge < -0.3 is 4.74 Å². The van der Waals surface area contributed by atoms with Gasteiger partial charge in [-0.1, -0.05) is 29.5 Å². The molecule has 0 spiro atoms. The third kappa shape index (κ3) is 4.15. The quantitative estimate of drug-likeness (QED) is 0.288. The van der Waals surface area contributed by atoms with Crippen LogP contribution in [0.4, 0.5) is 10.1 Å². The maximum atomic E-state index is 13.8.